The molecule has 1 aliphatic carbocycles. The van der Waals surface area contributed by atoms with Gasteiger partial charge in [0.2, 0.25) is 5.91 Å². The van der Waals surface area contributed by atoms with E-state index in [1.54, 1.807) is 12.1 Å². The van der Waals surface area contributed by atoms with Crippen molar-refractivity contribution in [1.82, 2.24) is 0 Å². The Bertz CT molecular complexity index is 430. The minimum atomic E-state index is -0.858. The Kier molecular flexibility index (Phi) is 3.97. The standard InChI is InChI=1S/C14H17NO3/c16-13(15-10-6-2-1-3-7-10)11-8-4-5-9-12(11)14(17)18/h1-3,6-7,11-12H,4-5,8-9H2,(H,15,16)(H,17,18)/t11-,12-/m0/s1. The number of carboxylic acid groups (broad SMARTS) is 1. The summed E-state index contributed by atoms with van der Waals surface area (Å²) in [7, 11) is 0. The second-order valence-electron chi connectivity index (χ2n) is 4.69. The van der Waals surface area contributed by atoms with Gasteiger partial charge >= 0.3 is 5.97 Å². The van der Waals surface area contributed by atoms with E-state index in [4.69, 9.17) is 5.11 Å². The number of hydrogen-bond donors (Lipinski definition) is 2. The van der Waals surface area contributed by atoms with Crippen LogP contribution in [0.4, 0.5) is 5.69 Å². The van der Waals surface area contributed by atoms with Crippen LogP contribution in [0.2, 0.25) is 0 Å². The van der Waals surface area contributed by atoms with E-state index in [1.165, 1.54) is 0 Å². The van der Waals surface area contributed by atoms with E-state index in [0.717, 1.165) is 18.5 Å². The molecule has 0 heterocycles. The molecule has 0 unspecified atom stereocenters. The minimum Gasteiger partial charge on any atom is -0.481 e. The third-order valence-corrected chi connectivity index (χ3v) is 3.46. The van der Waals surface area contributed by atoms with E-state index in [0.29, 0.717) is 12.8 Å². The molecule has 0 saturated heterocycles. The van der Waals surface area contributed by atoms with E-state index in [2.05, 4.69) is 5.32 Å². The average Bonchev–Trinajstić information content (AvgIpc) is 2.40. The predicted molar refractivity (Wildman–Crippen MR) is 68.2 cm³/mol. The van der Waals surface area contributed by atoms with Crippen LogP contribution in [0.25, 0.3) is 0 Å². The molecule has 0 aromatic heterocycles. The maximum absolute atomic E-state index is 12.1. The van der Waals surface area contributed by atoms with Gasteiger partial charge < -0.3 is 10.4 Å². The van der Waals surface area contributed by atoms with Gasteiger partial charge in [-0.2, -0.15) is 0 Å². The fourth-order valence-corrected chi connectivity index (χ4v) is 2.50. The Morgan fingerprint density at radius 2 is 1.67 bits per heavy atom. The fourth-order valence-electron chi connectivity index (χ4n) is 2.50. The second kappa shape index (κ2) is 5.67. The number of hydrogen-bond acceptors (Lipinski definition) is 2. The maximum Gasteiger partial charge on any atom is 0.307 e. The Labute approximate surface area is 106 Å². The van der Waals surface area contributed by atoms with Crippen molar-refractivity contribution >= 4 is 17.6 Å². The van der Waals surface area contributed by atoms with Crippen LogP contribution in [0.1, 0.15) is 25.7 Å². The van der Waals surface area contributed by atoms with Crippen LogP contribution in [-0.2, 0) is 9.59 Å². The average molecular weight is 247 g/mol. The molecule has 0 radical (unpaired) electrons. The number of rotatable bonds is 3. The maximum atomic E-state index is 12.1. The lowest BCUT2D eigenvalue weighted by Crippen LogP contribution is -2.36. The molecule has 4 heteroatoms. The molecule has 2 atom stereocenters. The molecule has 2 rings (SSSR count). The predicted octanol–water partition coefficient (Wildman–Crippen LogP) is 2.52. The number of carbonyl (C=O) groups excluding carboxylic acids is 1. The molecule has 1 saturated carbocycles. The van der Waals surface area contributed by atoms with Crippen molar-refractivity contribution in [1.29, 1.82) is 0 Å². The van der Waals surface area contributed by atoms with Crippen LogP contribution in [-0.4, -0.2) is 17.0 Å². The molecule has 1 fully saturated rings. The summed E-state index contributed by atoms with van der Waals surface area (Å²) in [6.07, 6.45) is 3.08. The number of para-hydroxylation sites is 1. The summed E-state index contributed by atoms with van der Waals surface area (Å²) in [5, 5.41) is 11.9. The van der Waals surface area contributed by atoms with Crippen LogP contribution >= 0.6 is 0 Å². The number of anilines is 1. The van der Waals surface area contributed by atoms with E-state index < -0.39 is 17.8 Å². The molecule has 1 amide bonds. The summed E-state index contributed by atoms with van der Waals surface area (Å²) < 4.78 is 0. The van der Waals surface area contributed by atoms with Crippen molar-refractivity contribution in [2.45, 2.75) is 25.7 Å². The molecule has 0 aliphatic heterocycles. The monoisotopic (exact) mass is 247 g/mol. The number of nitrogens with one attached hydrogen (secondary N) is 1. The molecule has 0 bridgehead atoms. The van der Waals surface area contributed by atoms with Gasteiger partial charge in [-0.05, 0) is 25.0 Å². The second-order valence-corrected chi connectivity index (χ2v) is 4.69. The fraction of sp³-hybridized carbons (Fsp3) is 0.429. The van der Waals surface area contributed by atoms with Crippen LogP contribution in [0.15, 0.2) is 30.3 Å². The van der Waals surface area contributed by atoms with Crippen molar-refractivity contribution in [2.75, 3.05) is 5.32 Å². The first-order valence-electron chi connectivity index (χ1n) is 6.27. The summed E-state index contributed by atoms with van der Waals surface area (Å²) in [5.74, 6) is -1.98. The SMILES string of the molecule is O=C(O)[C@H]1CCCC[C@@H]1C(=O)Nc1ccccc1. The number of amides is 1. The zero-order valence-electron chi connectivity index (χ0n) is 10.1. The largest absolute Gasteiger partial charge is 0.481 e. The van der Waals surface area contributed by atoms with Crippen molar-refractivity contribution in [3.8, 4) is 0 Å². The number of aliphatic carboxylic acids is 1. The molecule has 2 N–H and O–H groups in total. The molecular weight excluding hydrogens is 230 g/mol. The lowest BCUT2D eigenvalue weighted by Gasteiger charge is -2.27. The first-order chi connectivity index (χ1) is 8.68. The number of carbonyl (C=O) groups is 2. The molecule has 96 valence electrons. The Hall–Kier alpha value is -1.84. The van der Waals surface area contributed by atoms with Gasteiger partial charge in [0.1, 0.15) is 0 Å². The third-order valence-electron chi connectivity index (χ3n) is 3.46. The quantitative estimate of drug-likeness (QED) is 0.862. The van der Waals surface area contributed by atoms with E-state index in [1.807, 2.05) is 18.2 Å². The molecule has 4 nitrogen and oxygen atoms in total. The number of benzene rings is 1. The van der Waals surface area contributed by atoms with E-state index in [-0.39, 0.29) is 5.91 Å². The van der Waals surface area contributed by atoms with Gasteiger partial charge in [-0.15, -0.1) is 0 Å². The van der Waals surface area contributed by atoms with E-state index in [9.17, 15) is 9.59 Å². The number of carboxylic acids is 1. The van der Waals surface area contributed by atoms with Crippen molar-refractivity contribution in [3.63, 3.8) is 0 Å². The zero-order chi connectivity index (χ0) is 13.0. The summed E-state index contributed by atoms with van der Waals surface area (Å²) in [4.78, 5) is 23.2. The van der Waals surface area contributed by atoms with Gasteiger partial charge in [-0.1, -0.05) is 31.0 Å². The highest BCUT2D eigenvalue weighted by Crippen LogP contribution is 2.31. The summed E-state index contributed by atoms with van der Waals surface area (Å²) in [6.45, 7) is 0. The summed E-state index contributed by atoms with van der Waals surface area (Å²) in [5.41, 5.74) is 0.720. The Morgan fingerprint density at radius 1 is 1.06 bits per heavy atom. The topological polar surface area (TPSA) is 66.4 Å². The zero-order valence-corrected chi connectivity index (χ0v) is 10.1. The van der Waals surface area contributed by atoms with Crippen LogP contribution in [0.5, 0.6) is 0 Å². The molecule has 1 aromatic carbocycles. The Morgan fingerprint density at radius 3 is 2.28 bits per heavy atom. The lowest BCUT2D eigenvalue weighted by molar-refractivity contribution is -0.147. The van der Waals surface area contributed by atoms with E-state index >= 15 is 0 Å². The highest BCUT2D eigenvalue weighted by atomic mass is 16.4. The van der Waals surface area contributed by atoms with Gasteiger partial charge in [0, 0.05) is 5.69 Å². The summed E-state index contributed by atoms with van der Waals surface area (Å²) in [6, 6.07) is 9.15. The molecule has 1 aliphatic rings. The molecule has 0 spiro atoms. The van der Waals surface area contributed by atoms with Crippen molar-refractivity contribution in [3.05, 3.63) is 30.3 Å². The smallest absolute Gasteiger partial charge is 0.307 e. The third kappa shape index (κ3) is 2.88. The first-order valence-corrected chi connectivity index (χ1v) is 6.27. The summed E-state index contributed by atoms with van der Waals surface area (Å²) >= 11 is 0. The van der Waals surface area contributed by atoms with Crippen molar-refractivity contribution in [2.24, 2.45) is 11.8 Å². The van der Waals surface area contributed by atoms with Crippen LogP contribution in [0, 0.1) is 11.8 Å². The van der Waals surface area contributed by atoms with Gasteiger partial charge in [0.15, 0.2) is 0 Å². The van der Waals surface area contributed by atoms with Crippen LogP contribution in [0.3, 0.4) is 0 Å². The Balaban J connectivity index is 2.05. The first kappa shape index (κ1) is 12.6. The minimum absolute atomic E-state index is 0.173. The van der Waals surface area contributed by atoms with Gasteiger partial charge in [-0.25, -0.2) is 0 Å². The molecule has 18 heavy (non-hydrogen) atoms. The van der Waals surface area contributed by atoms with Crippen molar-refractivity contribution < 1.29 is 14.7 Å². The molecule has 1 aromatic rings. The van der Waals surface area contributed by atoms with Gasteiger partial charge in [0.25, 0.3) is 0 Å². The van der Waals surface area contributed by atoms with Gasteiger partial charge in [0.05, 0.1) is 11.8 Å². The normalized spacial score (nSPS) is 23.3. The molecular formula is C14H17NO3. The highest BCUT2D eigenvalue weighted by Gasteiger charge is 2.35. The lowest BCUT2D eigenvalue weighted by atomic mass is 9.78. The van der Waals surface area contributed by atoms with Crippen LogP contribution < -0.4 is 5.32 Å². The van der Waals surface area contributed by atoms with Gasteiger partial charge in [-0.3, -0.25) is 9.59 Å². The highest BCUT2D eigenvalue weighted by molar-refractivity contribution is 5.95.